The van der Waals surface area contributed by atoms with E-state index in [2.05, 4.69) is 13.2 Å². The Morgan fingerprint density at radius 2 is 1.67 bits per heavy atom. The van der Waals surface area contributed by atoms with E-state index in [0.717, 1.165) is 6.08 Å². The third-order valence-electron chi connectivity index (χ3n) is 3.42. The average molecular weight is 294 g/mol. The monoisotopic (exact) mass is 294 g/mol. The number of ether oxygens (including phenoxy) is 3. The highest BCUT2D eigenvalue weighted by atomic mass is 16.5. The van der Waals surface area contributed by atoms with Gasteiger partial charge < -0.3 is 14.2 Å². The van der Waals surface area contributed by atoms with Crippen LogP contribution in [0.4, 0.5) is 0 Å². The summed E-state index contributed by atoms with van der Waals surface area (Å²) in [5.41, 5.74) is -0.418. The second-order valence-corrected chi connectivity index (χ2v) is 4.68. The summed E-state index contributed by atoms with van der Waals surface area (Å²) < 4.78 is 14.5. The highest BCUT2D eigenvalue weighted by Crippen LogP contribution is 2.47. The fourth-order valence-corrected chi connectivity index (χ4v) is 2.35. The van der Waals surface area contributed by atoms with Crippen molar-refractivity contribution in [1.82, 2.24) is 0 Å². The molecular weight excluding hydrogens is 276 g/mol. The Balaban J connectivity index is 3.21. The molecule has 0 aromatic rings. The lowest BCUT2D eigenvalue weighted by Gasteiger charge is -2.21. The van der Waals surface area contributed by atoms with Gasteiger partial charge in [-0.15, -0.1) is 0 Å². The van der Waals surface area contributed by atoms with Gasteiger partial charge in [-0.3, -0.25) is 9.59 Å². The van der Waals surface area contributed by atoms with Crippen LogP contribution in [-0.2, 0) is 28.6 Å². The van der Waals surface area contributed by atoms with E-state index in [1.165, 1.54) is 14.2 Å². The number of rotatable bonds is 4. The fourth-order valence-electron chi connectivity index (χ4n) is 2.35. The molecule has 1 fully saturated rings. The van der Waals surface area contributed by atoms with Gasteiger partial charge in [0, 0.05) is 12.5 Å². The molecule has 6 heteroatoms. The number of esters is 3. The van der Waals surface area contributed by atoms with Crippen LogP contribution in [0.5, 0.6) is 0 Å². The molecule has 0 atom stereocenters. The molecule has 0 aliphatic heterocycles. The zero-order valence-electron chi connectivity index (χ0n) is 12.4. The summed E-state index contributed by atoms with van der Waals surface area (Å²) in [5, 5.41) is 0. The Hall–Kier alpha value is -2.37. The first kappa shape index (κ1) is 16.7. The Morgan fingerprint density at radius 3 is 2.10 bits per heavy atom. The maximum absolute atomic E-state index is 12.0. The van der Waals surface area contributed by atoms with Crippen molar-refractivity contribution in [2.24, 2.45) is 5.41 Å². The second kappa shape index (κ2) is 6.39. The molecule has 0 radical (unpaired) electrons. The minimum absolute atomic E-state index is 0.0153. The van der Waals surface area contributed by atoms with Gasteiger partial charge in [0.25, 0.3) is 0 Å². The Kier molecular flexibility index (Phi) is 5.07. The Morgan fingerprint density at radius 1 is 1.14 bits per heavy atom. The standard InChI is InChI=1S/C15H18O6/c1-6-12(16)21-10(3)11-8-15(7-9(11)2,13(17)19-4)14(18)20-5/h6H,1-2,7-8H2,3-5H3/b11-10+. The van der Waals surface area contributed by atoms with Crippen molar-refractivity contribution < 1.29 is 28.6 Å². The molecule has 0 aromatic heterocycles. The summed E-state index contributed by atoms with van der Waals surface area (Å²) >= 11 is 0. The van der Waals surface area contributed by atoms with Crippen molar-refractivity contribution in [2.75, 3.05) is 14.2 Å². The molecule has 1 rings (SSSR count). The molecule has 1 saturated carbocycles. The molecule has 1 aliphatic rings. The predicted molar refractivity (Wildman–Crippen MR) is 73.8 cm³/mol. The van der Waals surface area contributed by atoms with Crippen LogP contribution < -0.4 is 0 Å². The zero-order chi connectivity index (χ0) is 16.2. The molecule has 0 spiro atoms. The maximum atomic E-state index is 12.0. The lowest BCUT2D eigenvalue weighted by Crippen LogP contribution is -2.38. The largest absolute Gasteiger partial charge is 0.468 e. The first-order chi connectivity index (χ1) is 9.82. The lowest BCUT2D eigenvalue weighted by molar-refractivity contribution is -0.168. The highest BCUT2D eigenvalue weighted by molar-refractivity contribution is 6.02. The van der Waals surface area contributed by atoms with Crippen LogP contribution in [0.1, 0.15) is 19.8 Å². The van der Waals surface area contributed by atoms with Crippen molar-refractivity contribution in [3.63, 3.8) is 0 Å². The first-order valence-electron chi connectivity index (χ1n) is 6.21. The molecule has 0 N–H and O–H groups in total. The summed E-state index contributed by atoms with van der Waals surface area (Å²) in [6.45, 7) is 8.69. The van der Waals surface area contributed by atoms with E-state index in [9.17, 15) is 14.4 Å². The lowest BCUT2D eigenvalue weighted by atomic mass is 9.85. The van der Waals surface area contributed by atoms with Crippen LogP contribution in [0.15, 0.2) is 36.1 Å². The molecule has 1 aliphatic carbocycles. The maximum Gasteiger partial charge on any atom is 0.335 e. The van der Waals surface area contributed by atoms with E-state index in [4.69, 9.17) is 14.2 Å². The average Bonchev–Trinajstić information content (AvgIpc) is 2.84. The molecule has 0 aromatic carbocycles. The molecule has 0 unspecified atom stereocenters. The normalized spacial score (nSPS) is 18.7. The van der Waals surface area contributed by atoms with Crippen molar-refractivity contribution in [3.8, 4) is 0 Å². The molecule has 0 amide bonds. The second-order valence-electron chi connectivity index (χ2n) is 4.68. The number of allylic oxidation sites excluding steroid dienone is 3. The van der Waals surface area contributed by atoms with Gasteiger partial charge in [0.05, 0.1) is 14.2 Å². The third kappa shape index (κ3) is 3.04. The molecule has 114 valence electrons. The molecular formula is C15H18O6. The van der Waals surface area contributed by atoms with Crippen LogP contribution in [0.25, 0.3) is 0 Å². The van der Waals surface area contributed by atoms with Gasteiger partial charge in [-0.05, 0) is 24.5 Å². The highest BCUT2D eigenvalue weighted by Gasteiger charge is 2.54. The molecule has 6 nitrogen and oxygen atoms in total. The molecule has 0 bridgehead atoms. The summed E-state index contributed by atoms with van der Waals surface area (Å²) in [5.74, 6) is -1.75. The summed E-state index contributed by atoms with van der Waals surface area (Å²) in [6.07, 6.45) is 1.10. The number of carbonyl (C=O) groups excluding carboxylic acids is 3. The van der Waals surface area contributed by atoms with E-state index >= 15 is 0 Å². The third-order valence-corrected chi connectivity index (χ3v) is 3.42. The number of hydrogen-bond acceptors (Lipinski definition) is 6. The summed E-state index contributed by atoms with van der Waals surface area (Å²) in [7, 11) is 2.39. The summed E-state index contributed by atoms with van der Waals surface area (Å²) in [4.78, 5) is 35.3. The Bertz CT molecular complexity index is 524. The number of carbonyl (C=O) groups is 3. The van der Waals surface area contributed by atoms with Crippen molar-refractivity contribution in [2.45, 2.75) is 19.8 Å². The van der Waals surface area contributed by atoms with Crippen LogP contribution in [0.3, 0.4) is 0 Å². The van der Waals surface area contributed by atoms with Gasteiger partial charge in [-0.1, -0.05) is 13.2 Å². The smallest absolute Gasteiger partial charge is 0.335 e. The van der Waals surface area contributed by atoms with E-state index < -0.39 is 23.3 Å². The predicted octanol–water partition coefficient (Wildman–Crippen LogP) is 1.67. The van der Waals surface area contributed by atoms with Crippen LogP contribution in [-0.4, -0.2) is 32.1 Å². The molecule has 21 heavy (non-hydrogen) atoms. The van der Waals surface area contributed by atoms with Gasteiger partial charge >= 0.3 is 17.9 Å². The van der Waals surface area contributed by atoms with Gasteiger partial charge in [-0.25, -0.2) is 4.79 Å². The number of methoxy groups -OCH3 is 2. The minimum atomic E-state index is -1.47. The van der Waals surface area contributed by atoms with E-state index in [0.29, 0.717) is 11.1 Å². The first-order valence-corrected chi connectivity index (χ1v) is 6.21. The van der Waals surface area contributed by atoms with Gasteiger partial charge in [-0.2, -0.15) is 0 Å². The van der Waals surface area contributed by atoms with Crippen molar-refractivity contribution >= 4 is 17.9 Å². The summed E-state index contributed by atoms with van der Waals surface area (Å²) in [6, 6.07) is 0. The number of hydrogen-bond donors (Lipinski definition) is 0. The van der Waals surface area contributed by atoms with Gasteiger partial charge in [0.2, 0.25) is 0 Å². The topological polar surface area (TPSA) is 78.9 Å². The van der Waals surface area contributed by atoms with E-state index in [-0.39, 0.29) is 18.6 Å². The Labute approximate surface area is 123 Å². The van der Waals surface area contributed by atoms with Gasteiger partial charge in [0.1, 0.15) is 5.76 Å². The SMILES string of the molecule is C=CC(=O)O/C(C)=C1\CC(C(=O)OC)(C(=O)OC)CC1=C. The van der Waals surface area contributed by atoms with Crippen molar-refractivity contribution in [3.05, 3.63) is 36.1 Å². The quantitative estimate of drug-likeness (QED) is 0.258. The zero-order valence-corrected chi connectivity index (χ0v) is 12.4. The molecule has 0 saturated heterocycles. The van der Waals surface area contributed by atoms with E-state index in [1.54, 1.807) is 6.92 Å². The van der Waals surface area contributed by atoms with Crippen molar-refractivity contribution in [1.29, 1.82) is 0 Å². The van der Waals surface area contributed by atoms with Crippen LogP contribution in [0, 0.1) is 5.41 Å². The van der Waals surface area contributed by atoms with Crippen LogP contribution >= 0.6 is 0 Å². The van der Waals surface area contributed by atoms with Crippen LogP contribution in [0.2, 0.25) is 0 Å². The fraction of sp³-hybridized carbons (Fsp3) is 0.400. The van der Waals surface area contributed by atoms with Gasteiger partial charge in [0.15, 0.2) is 5.41 Å². The molecule has 0 heterocycles. The minimum Gasteiger partial charge on any atom is -0.468 e. The van der Waals surface area contributed by atoms with E-state index in [1.807, 2.05) is 0 Å².